The Morgan fingerprint density at radius 1 is 0.409 bits per heavy atom. The van der Waals surface area contributed by atoms with Crippen LogP contribution in [0.5, 0.6) is 0 Å². The van der Waals surface area contributed by atoms with Gasteiger partial charge in [0.15, 0.2) is 0 Å². The van der Waals surface area contributed by atoms with E-state index in [0.29, 0.717) is 12.8 Å². The summed E-state index contributed by atoms with van der Waals surface area (Å²) in [6.45, 7) is 4.55. The molecule has 0 spiro atoms. The van der Waals surface area contributed by atoms with E-state index in [4.69, 9.17) is 9.84 Å². The number of hydrogen-bond donors (Lipinski definition) is 1. The Morgan fingerprint density at radius 3 is 1.00 bits per heavy atom. The highest BCUT2D eigenvalue weighted by Crippen LogP contribution is 2.19. The smallest absolute Gasteiger partial charge is 0.306 e. The van der Waals surface area contributed by atoms with Crippen LogP contribution in [0.3, 0.4) is 0 Å². The minimum absolute atomic E-state index is 0.0308. The largest absolute Gasteiger partial charge is 0.481 e. The molecule has 0 aliphatic rings. The van der Waals surface area contributed by atoms with E-state index in [9.17, 15) is 9.59 Å². The molecule has 0 aromatic heterocycles. The van der Waals surface area contributed by atoms with E-state index >= 15 is 0 Å². The molecule has 1 unspecified atom stereocenters. The lowest BCUT2D eigenvalue weighted by molar-refractivity contribution is -0.150. The van der Waals surface area contributed by atoms with E-state index in [1.807, 2.05) is 0 Å². The number of unbranched alkanes of at least 4 members (excludes halogenated alkanes) is 28. The van der Waals surface area contributed by atoms with Crippen molar-refractivity contribution >= 4 is 11.9 Å². The lowest BCUT2D eigenvalue weighted by Crippen LogP contribution is -2.18. The maximum absolute atomic E-state index is 12.6. The third-order valence-corrected chi connectivity index (χ3v) is 9.33. The molecule has 0 bridgehead atoms. The fraction of sp³-hybridized carbons (Fsp3) is 0.950. The highest BCUT2D eigenvalue weighted by atomic mass is 16.5. The van der Waals surface area contributed by atoms with Crippen molar-refractivity contribution in [2.75, 3.05) is 0 Å². The molecule has 44 heavy (non-hydrogen) atoms. The fourth-order valence-electron chi connectivity index (χ4n) is 6.36. The molecule has 4 nitrogen and oxygen atoms in total. The molecule has 0 fully saturated rings. The molecular weight excluding hydrogens is 544 g/mol. The molecule has 4 heteroatoms. The second-order valence-electron chi connectivity index (χ2n) is 13.8. The van der Waals surface area contributed by atoms with Crippen LogP contribution in [-0.2, 0) is 14.3 Å². The van der Waals surface area contributed by atoms with E-state index in [1.54, 1.807) is 0 Å². The second-order valence-corrected chi connectivity index (χ2v) is 13.8. The zero-order chi connectivity index (χ0) is 32.2. The van der Waals surface area contributed by atoms with Crippen molar-refractivity contribution in [1.82, 2.24) is 0 Å². The standard InChI is InChI=1S/C40H78O4/c1-3-5-7-9-11-12-13-14-15-16-17-18-19-20-25-29-33-37-40(43)44-38(34-30-26-10-8-6-4-2)35-31-27-23-21-22-24-28-32-36-39(41)42/h38H,3-37H2,1-2H3,(H,41,42). The molecule has 0 radical (unpaired) electrons. The van der Waals surface area contributed by atoms with Gasteiger partial charge in [-0.15, -0.1) is 0 Å². The Bertz CT molecular complexity index is 590. The molecule has 0 saturated heterocycles. The molecule has 0 aliphatic carbocycles. The average Bonchev–Trinajstić information content (AvgIpc) is 3.01. The van der Waals surface area contributed by atoms with Gasteiger partial charge in [-0.2, -0.15) is 0 Å². The fourth-order valence-corrected chi connectivity index (χ4v) is 6.36. The number of carbonyl (C=O) groups is 2. The van der Waals surface area contributed by atoms with Crippen molar-refractivity contribution in [3.8, 4) is 0 Å². The maximum atomic E-state index is 12.6. The van der Waals surface area contributed by atoms with Gasteiger partial charge in [0, 0.05) is 12.8 Å². The van der Waals surface area contributed by atoms with Crippen molar-refractivity contribution in [2.24, 2.45) is 0 Å². The number of carbonyl (C=O) groups excluding carboxylic acids is 1. The van der Waals surface area contributed by atoms with Crippen molar-refractivity contribution < 1.29 is 19.4 Å². The van der Waals surface area contributed by atoms with Gasteiger partial charge in [-0.05, 0) is 38.5 Å². The molecular formula is C40H78O4. The third kappa shape index (κ3) is 35.4. The lowest BCUT2D eigenvalue weighted by atomic mass is 10.0. The summed E-state index contributed by atoms with van der Waals surface area (Å²) in [4.78, 5) is 23.2. The van der Waals surface area contributed by atoms with Crippen LogP contribution in [0.25, 0.3) is 0 Å². The minimum atomic E-state index is -0.679. The van der Waals surface area contributed by atoms with E-state index in [-0.39, 0.29) is 12.1 Å². The summed E-state index contributed by atoms with van der Waals surface area (Å²) >= 11 is 0. The maximum Gasteiger partial charge on any atom is 0.306 e. The number of rotatable bonds is 37. The van der Waals surface area contributed by atoms with Crippen LogP contribution >= 0.6 is 0 Å². The van der Waals surface area contributed by atoms with E-state index in [2.05, 4.69) is 13.8 Å². The highest BCUT2D eigenvalue weighted by molar-refractivity contribution is 5.69. The van der Waals surface area contributed by atoms with E-state index in [0.717, 1.165) is 51.4 Å². The van der Waals surface area contributed by atoms with Gasteiger partial charge < -0.3 is 9.84 Å². The molecule has 1 N–H and O–H groups in total. The van der Waals surface area contributed by atoms with Gasteiger partial charge in [-0.1, -0.05) is 187 Å². The van der Waals surface area contributed by atoms with Crippen LogP contribution in [0, 0.1) is 0 Å². The summed E-state index contributed by atoms with van der Waals surface area (Å²) in [5.41, 5.74) is 0. The first-order valence-electron chi connectivity index (χ1n) is 20.0. The van der Waals surface area contributed by atoms with Crippen LogP contribution in [0.4, 0.5) is 0 Å². The van der Waals surface area contributed by atoms with Gasteiger partial charge in [-0.25, -0.2) is 0 Å². The number of aliphatic carboxylic acids is 1. The van der Waals surface area contributed by atoms with Gasteiger partial charge >= 0.3 is 11.9 Å². The molecule has 0 aliphatic heterocycles. The number of ether oxygens (including phenoxy) is 1. The Morgan fingerprint density at radius 2 is 0.682 bits per heavy atom. The molecule has 0 saturated carbocycles. The number of carboxylic acid groups (broad SMARTS) is 1. The van der Waals surface area contributed by atoms with Crippen LogP contribution < -0.4 is 0 Å². The van der Waals surface area contributed by atoms with Crippen LogP contribution in [0.1, 0.15) is 239 Å². The van der Waals surface area contributed by atoms with Gasteiger partial charge in [-0.3, -0.25) is 9.59 Å². The summed E-state index contributed by atoms with van der Waals surface area (Å²) < 4.78 is 6.01. The summed E-state index contributed by atoms with van der Waals surface area (Å²) in [7, 11) is 0. The predicted octanol–water partition coefficient (Wildman–Crippen LogP) is 13.7. The molecule has 0 heterocycles. The van der Waals surface area contributed by atoms with Gasteiger partial charge in [0.1, 0.15) is 6.10 Å². The molecule has 0 aromatic carbocycles. The van der Waals surface area contributed by atoms with Crippen molar-refractivity contribution in [1.29, 1.82) is 0 Å². The average molecular weight is 623 g/mol. The summed E-state index contributed by atoms with van der Waals surface area (Å²) in [5, 5.41) is 8.73. The van der Waals surface area contributed by atoms with Crippen LogP contribution in [0.15, 0.2) is 0 Å². The highest BCUT2D eigenvalue weighted by Gasteiger charge is 2.14. The van der Waals surface area contributed by atoms with Gasteiger partial charge in [0.25, 0.3) is 0 Å². The van der Waals surface area contributed by atoms with Gasteiger partial charge in [0.2, 0.25) is 0 Å². The molecule has 0 rings (SSSR count). The molecule has 262 valence electrons. The van der Waals surface area contributed by atoms with Crippen molar-refractivity contribution in [3.63, 3.8) is 0 Å². The third-order valence-electron chi connectivity index (χ3n) is 9.33. The topological polar surface area (TPSA) is 63.6 Å². The molecule has 0 aromatic rings. The zero-order valence-electron chi connectivity index (χ0n) is 30.0. The summed E-state index contributed by atoms with van der Waals surface area (Å²) in [6, 6.07) is 0. The first-order valence-corrected chi connectivity index (χ1v) is 20.0. The Labute approximate surface area is 275 Å². The zero-order valence-corrected chi connectivity index (χ0v) is 30.0. The number of esters is 1. The van der Waals surface area contributed by atoms with Crippen LogP contribution in [0.2, 0.25) is 0 Å². The second kappa shape index (κ2) is 36.4. The van der Waals surface area contributed by atoms with Crippen molar-refractivity contribution in [2.45, 2.75) is 245 Å². The summed E-state index contributed by atoms with van der Waals surface area (Å²) in [5.74, 6) is -0.648. The first kappa shape index (κ1) is 42.9. The monoisotopic (exact) mass is 623 g/mol. The molecule has 1 atom stereocenters. The minimum Gasteiger partial charge on any atom is -0.481 e. The Hall–Kier alpha value is -1.06. The molecule has 0 amide bonds. The van der Waals surface area contributed by atoms with Crippen LogP contribution in [-0.4, -0.2) is 23.1 Å². The quantitative estimate of drug-likeness (QED) is 0.0553. The van der Waals surface area contributed by atoms with Crippen molar-refractivity contribution in [3.05, 3.63) is 0 Å². The van der Waals surface area contributed by atoms with E-state index < -0.39 is 5.97 Å². The Kier molecular flexibility index (Phi) is 35.5. The SMILES string of the molecule is CCCCCCCCCCCCCCCCCCCC(=O)OC(CCCCCCCC)CCCCCCCCCCC(=O)O. The van der Waals surface area contributed by atoms with E-state index in [1.165, 1.54) is 161 Å². The number of carboxylic acids is 1. The first-order chi connectivity index (χ1) is 21.6. The predicted molar refractivity (Wildman–Crippen MR) is 190 cm³/mol. The lowest BCUT2D eigenvalue weighted by Gasteiger charge is -2.18. The normalized spacial score (nSPS) is 12.0. The Balaban J connectivity index is 3.84. The van der Waals surface area contributed by atoms with Gasteiger partial charge in [0.05, 0.1) is 0 Å². The number of hydrogen-bond acceptors (Lipinski definition) is 3. The summed E-state index contributed by atoms with van der Waals surface area (Å²) in [6.07, 6.45) is 42.8.